The summed E-state index contributed by atoms with van der Waals surface area (Å²) >= 11 is 1.71. The van der Waals surface area contributed by atoms with Gasteiger partial charge < -0.3 is 15.0 Å². The number of anilines is 1. The third kappa shape index (κ3) is 5.75. The van der Waals surface area contributed by atoms with Crippen LogP contribution in [0.3, 0.4) is 0 Å². The molecular weight excluding hydrogens is 474 g/mol. The zero-order chi connectivity index (χ0) is 24.9. The topological polar surface area (TPSA) is 86.8 Å². The standard InChI is InChI=1S/C27H31N5O3S/c1-19-22-5-2-3-6-23(22)36-24(19)17-28-25(33)8-7-20-15-21-18-32(27(34)30-26(21)29-16-20)10-4-9-31-11-13-35-14-12-31/h2-3,5-8,15-16H,4,9-14,17-18H2,1H3,(H,28,33)(H,29,30,34). The number of aryl methyl sites for hydroxylation is 1. The van der Waals surface area contributed by atoms with E-state index < -0.39 is 0 Å². The Balaban J connectivity index is 1.15. The molecule has 4 heterocycles. The Hall–Kier alpha value is -3.27. The molecule has 0 spiro atoms. The number of hydrogen-bond donors (Lipinski definition) is 2. The van der Waals surface area contributed by atoms with Crippen LogP contribution in [0.15, 0.2) is 42.6 Å². The molecule has 2 N–H and O–H groups in total. The van der Waals surface area contributed by atoms with Crippen LogP contribution in [0.25, 0.3) is 16.2 Å². The molecule has 2 aromatic heterocycles. The minimum Gasteiger partial charge on any atom is -0.379 e. The fraction of sp³-hybridized carbons (Fsp3) is 0.370. The van der Waals surface area contributed by atoms with Crippen LogP contribution in [0.5, 0.6) is 0 Å². The second kappa shape index (κ2) is 11.2. The summed E-state index contributed by atoms with van der Waals surface area (Å²) < 4.78 is 6.63. The van der Waals surface area contributed by atoms with E-state index in [-0.39, 0.29) is 11.9 Å². The summed E-state index contributed by atoms with van der Waals surface area (Å²) in [6, 6.07) is 10.2. The van der Waals surface area contributed by atoms with Crippen molar-refractivity contribution in [1.82, 2.24) is 20.1 Å². The van der Waals surface area contributed by atoms with Gasteiger partial charge in [0.15, 0.2) is 0 Å². The van der Waals surface area contributed by atoms with Gasteiger partial charge in [0.1, 0.15) is 5.82 Å². The molecule has 3 amide bonds. The third-order valence-electron chi connectivity index (χ3n) is 6.66. The monoisotopic (exact) mass is 505 g/mol. The number of fused-ring (bicyclic) bond motifs is 2. The largest absolute Gasteiger partial charge is 0.379 e. The lowest BCUT2D eigenvalue weighted by atomic mass is 10.1. The zero-order valence-electron chi connectivity index (χ0n) is 20.5. The molecule has 1 saturated heterocycles. The SMILES string of the molecule is Cc1c(CNC(=O)C=Cc2cnc3c(c2)CN(CCCN2CCOCC2)C(=O)N3)sc2ccccc12. The third-order valence-corrected chi connectivity index (χ3v) is 7.93. The number of benzene rings is 1. The highest BCUT2D eigenvalue weighted by molar-refractivity contribution is 7.19. The number of aromatic nitrogens is 1. The first-order valence-electron chi connectivity index (χ1n) is 12.3. The zero-order valence-corrected chi connectivity index (χ0v) is 21.3. The van der Waals surface area contributed by atoms with Gasteiger partial charge in [-0.25, -0.2) is 9.78 Å². The number of carbonyl (C=O) groups is 2. The van der Waals surface area contributed by atoms with E-state index in [1.807, 2.05) is 23.1 Å². The van der Waals surface area contributed by atoms with E-state index >= 15 is 0 Å². The van der Waals surface area contributed by atoms with E-state index in [9.17, 15) is 9.59 Å². The number of pyridine rings is 1. The van der Waals surface area contributed by atoms with Crippen LogP contribution in [0.1, 0.15) is 28.0 Å². The first-order chi connectivity index (χ1) is 17.6. The molecule has 0 atom stereocenters. The van der Waals surface area contributed by atoms with Crippen LogP contribution >= 0.6 is 11.3 Å². The minimum absolute atomic E-state index is 0.115. The molecule has 1 fully saturated rings. The molecule has 0 saturated carbocycles. The van der Waals surface area contributed by atoms with Crippen molar-refractivity contribution in [3.05, 3.63) is 64.2 Å². The summed E-state index contributed by atoms with van der Waals surface area (Å²) in [4.78, 5) is 34.7. The average molecular weight is 506 g/mol. The average Bonchev–Trinajstić information content (AvgIpc) is 3.22. The Morgan fingerprint density at radius 2 is 2.08 bits per heavy atom. The van der Waals surface area contributed by atoms with Crippen LogP contribution in [0, 0.1) is 6.92 Å². The molecule has 9 heteroatoms. The van der Waals surface area contributed by atoms with Gasteiger partial charge >= 0.3 is 6.03 Å². The molecule has 3 aromatic rings. The van der Waals surface area contributed by atoms with Crippen molar-refractivity contribution in [3.63, 3.8) is 0 Å². The molecule has 0 bridgehead atoms. The van der Waals surface area contributed by atoms with E-state index in [4.69, 9.17) is 4.74 Å². The Bertz CT molecular complexity index is 1280. The number of urea groups is 1. The summed E-state index contributed by atoms with van der Waals surface area (Å²) in [6.45, 7) is 8.21. The van der Waals surface area contributed by atoms with Crippen LogP contribution in [0.4, 0.5) is 10.6 Å². The van der Waals surface area contributed by atoms with E-state index in [0.29, 0.717) is 25.5 Å². The molecule has 0 unspecified atom stereocenters. The highest BCUT2D eigenvalue weighted by Crippen LogP contribution is 2.30. The number of carbonyl (C=O) groups excluding carboxylic acids is 2. The van der Waals surface area contributed by atoms with Crippen LogP contribution in [-0.4, -0.2) is 66.1 Å². The molecule has 2 aliphatic rings. The second-order valence-corrected chi connectivity index (χ2v) is 10.3. The smallest absolute Gasteiger partial charge is 0.323 e. The van der Waals surface area contributed by atoms with Crippen molar-refractivity contribution in [3.8, 4) is 0 Å². The lowest BCUT2D eigenvalue weighted by Crippen LogP contribution is -2.42. The number of ether oxygens (including phenoxy) is 1. The molecule has 2 aliphatic heterocycles. The van der Waals surface area contributed by atoms with Crippen LogP contribution in [0.2, 0.25) is 0 Å². The maximum Gasteiger partial charge on any atom is 0.323 e. The van der Waals surface area contributed by atoms with Gasteiger partial charge in [0.05, 0.1) is 26.3 Å². The first-order valence-corrected chi connectivity index (χ1v) is 13.2. The van der Waals surface area contributed by atoms with Gasteiger partial charge in [-0.05, 0) is 48.1 Å². The summed E-state index contributed by atoms with van der Waals surface area (Å²) in [6.07, 6.45) is 5.88. The van der Waals surface area contributed by atoms with Gasteiger partial charge in [-0.2, -0.15) is 0 Å². The number of nitrogens with one attached hydrogen (secondary N) is 2. The van der Waals surface area contributed by atoms with E-state index in [1.54, 1.807) is 23.6 Å². The summed E-state index contributed by atoms with van der Waals surface area (Å²) in [7, 11) is 0. The van der Waals surface area contributed by atoms with Crippen molar-refractivity contribution in [2.75, 3.05) is 44.7 Å². The fourth-order valence-electron chi connectivity index (χ4n) is 4.59. The minimum atomic E-state index is -0.150. The maximum atomic E-state index is 12.5. The number of amides is 3. The number of rotatable bonds is 8. The highest BCUT2D eigenvalue weighted by atomic mass is 32.1. The normalized spacial score (nSPS) is 16.4. The second-order valence-electron chi connectivity index (χ2n) is 9.13. The van der Waals surface area contributed by atoms with E-state index in [0.717, 1.165) is 55.3 Å². The van der Waals surface area contributed by atoms with Crippen molar-refractivity contribution >= 4 is 45.3 Å². The van der Waals surface area contributed by atoms with Crippen molar-refractivity contribution in [2.45, 2.75) is 26.4 Å². The Kier molecular flexibility index (Phi) is 7.60. The molecule has 36 heavy (non-hydrogen) atoms. The molecule has 0 aliphatic carbocycles. The molecule has 1 aromatic carbocycles. The van der Waals surface area contributed by atoms with Crippen molar-refractivity contribution < 1.29 is 14.3 Å². The van der Waals surface area contributed by atoms with Gasteiger partial charge in [0.2, 0.25) is 5.91 Å². The highest BCUT2D eigenvalue weighted by Gasteiger charge is 2.23. The number of morpholine rings is 1. The molecular formula is C27H31N5O3S. The molecule has 188 valence electrons. The fourth-order valence-corrected chi connectivity index (χ4v) is 5.74. The number of hydrogen-bond acceptors (Lipinski definition) is 6. The summed E-state index contributed by atoms with van der Waals surface area (Å²) in [5.41, 5.74) is 2.99. The quantitative estimate of drug-likeness (QED) is 0.452. The number of nitrogens with zero attached hydrogens (tertiary/aromatic N) is 3. The van der Waals surface area contributed by atoms with Crippen molar-refractivity contribution in [1.29, 1.82) is 0 Å². The van der Waals surface area contributed by atoms with Crippen LogP contribution in [-0.2, 0) is 22.6 Å². The van der Waals surface area contributed by atoms with E-state index in [2.05, 4.69) is 39.6 Å². The molecule has 5 rings (SSSR count). The maximum absolute atomic E-state index is 12.5. The summed E-state index contributed by atoms with van der Waals surface area (Å²) in [5.74, 6) is 0.439. The Morgan fingerprint density at radius 1 is 1.25 bits per heavy atom. The van der Waals surface area contributed by atoms with E-state index in [1.165, 1.54) is 21.7 Å². The van der Waals surface area contributed by atoms with Gasteiger partial charge in [-0.3, -0.25) is 15.0 Å². The number of thiophene rings is 1. The summed E-state index contributed by atoms with van der Waals surface area (Å²) in [5, 5.41) is 7.11. The first kappa shape index (κ1) is 24.4. The molecule has 0 radical (unpaired) electrons. The lowest BCUT2D eigenvalue weighted by Gasteiger charge is -2.31. The Morgan fingerprint density at radius 3 is 2.92 bits per heavy atom. The van der Waals surface area contributed by atoms with Crippen molar-refractivity contribution in [2.24, 2.45) is 0 Å². The Labute approximate surface area is 214 Å². The van der Waals surface area contributed by atoms with Gasteiger partial charge in [0.25, 0.3) is 0 Å². The van der Waals surface area contributed by atoms with Gasteiger partial charge in [0, 0.05) is 53.6 Å². The van der Waals surface area contributed by atoms with Gasteiger partial charge in [-0.1, -0.05) is 18.2 Å². The predicted octanol–water partition coefficient (Wildman–Crippen LogP) is 4.00. The lowest BCUT2D eigenvalue weighted by molar-refractivity contribution is -0.116. The molecule has 8 nitrogen and oxygen atoms in total. The van der Waals surface area contributed by atoms with Crippen LogP contribution < -0.4 is 10.6 Å². The van der Waals surface area contributed by atoms with Gasteiger partial charge in [-0.15, -0.1) is 11.3 Å². The predicted molar refractivity (Wildman–Crippen MR) is 143 cm³/mol.